The van der Waals surface area contributed by atoms with E-state index in [1.807, 2.05) is 24.3 Å². The molecule has 0 spiro atoms. The van der Waals surface area contributed by atoms with Crippen LogP contribution in [0, 0.1) is 0 Å². The summed E-state index contributed by atoms with van der Waals surface area (Å²) < 4.78 is 10.9. The van der Waals surface area contributed by atoms with Crippen molar-refractivity contribution in [2.24, 2.45) is 0 Å². The van der Waals surface area contributed by atoms with Crippen LogP contribution in [0.25, 0.3) is 0 Å². The second-order valence-electron chi connectivity index (χ2n) is 6.25. The standard InChI is InChI=1S/C19H30N2O3.ClH/c1-2-3-14-23-18-10-8-9-17(16-18)20-19(22)24-15-13-21-11-6-4-5-7-12-21;/h8-10,16H,2-7,11-15H2,1H3,(H,20,22);1H. The average Bonchev–Trinajstić information content (AvgIpc) is 2.84. The van der Waals surface area contributed by atoms with Gasteiger partial charge in [0.25, 0.3) is 0 Å². The molecule has 1 aromatic carbocycles. The van der Waals surface area contributed by atoms with Crippen molar-refractivity contribution < 1.29 is 14.3 Å². The highest BCUT2D eigenvalue weighted by atomic mass is 35.5. The van der Waals surface area contributed by atoms with Crippen LogP contribution in [0.15, 0.2) is 24.3 Å². The number of likely N-dealkylation sites (tertiary alicyclic amines) is 1. The number of benzene rings is 1. The van der Waals surface area contributed by atoms with Crippen LogP contribution < -0.4 is 10.1 Å². The first-order valence-electron chi connectivity index (χ1n) is 9.17. The summed E-state index contributed by atoms with van der Waals surface area (Å²) >= 11 is 0. The molecule has 25 heavy (non-hydrogen) atoms. The number of halogens is 1. The van der Waals surface area contributed by atoms with E-state index in [9.17, 15) is 4.79 Å². The minimum absolute atomic E-state index is 0. The molecular weight excluding hydrogens is 340 g/mol. The first kappa shape index (κ1) is 21.6. The summed E-state index contributed by atoms with van der Waals surface area (Å²) in [4.78, 5) is 14.3. The molecule has 1 amide bonds. The van der Waals surface area contributed by atoms with E-state index in [-0.39, 0.29) is 12.4 Å². The lowest BCUT2D eigenvalue weighted by Crippen LogP contribution is -2.30. The summed E-state index contributed by atoms with van der Waals surface area (Å²) in [7, 11) is 0. The van der Waals surface area contributed by atoms with Gasteiger partial charge in [0, 0.05) is 18.3 Å². The van der Waals surface area contributed by atoms with Crippen LogP contribution >= 0.6 is 12.4 Å². The lowest BCUT2D eigenvalue weighted by Gasteiger charge is -2.19. The van der Waals surface area contributed by atoms with Crippen molar-refractivity contribution in [3.63, 3.8) is 0 Å². The van der Waals surface area contributed by atoms with Gasteiger partial charge < -0.3 is 9.47 Å². The molecular formula is C19H31ClN2O3. The van der Waals surface area contributed by atoms with Crippen molar-refractivity contribution in [1.29, 1.82) is 0 Å². The lowest BCUT2D eigenvalue weighted by atomic mass is 10.2. The first-order valence-corrected chi connectivity index (χ1v) is 9.17. The molecule has 5 nitrogen and oxygen atoms in total. The first-order chi connectivity index (χ1) is 11.8. The fourth-order valence-electron chi connectivity index (χ4n) is 2.78. The Bertz CT molecular complexity index is 491. The fourth-order valence-corrected chi connectivity index (χ4v) is 2.78. The van der Waals surface area contributed by atoms with Crippen LogP contribution in [0.4, 0.5) is 10.5 Å². The molecule has 1 saturated heterocycles. The van der Waals surface area contributed by atoms with Crippen LogP contribution in [-0.2, 0) is 4.74 Å². The Morgan fingerprint density at radius 2 is 1.92 bits per heavy atom. The Morgan fingerprint density at radius 1 is 1.16 bits per heavy atom. The van der Waals surface area contributed by atoms with E-state index < -0.39 is 6.09 Å². The molecule has 0 aromatic heterocycles. The summed E-state index contributed by atoms with van der Waals surface area (Å²) in [6, 6.07) is 7.42. The van der Waals surface area contributed by atoms with E-state index in [1.165, 1.54) is 25.7 Å². The van der Waals surface area contributed by atoms with E-state index in [1.54, 1.807) is 0 Å². The average molecular weight is 371 g/mol. The molecule has 0 atom stereocenters. The topological polar surface area (TPSA) is 50.8 Å². The molecule has 6 heteroatoms. The van der Waals surface area contributed by atoms with Crippen LogP contribution in [0.1, 0.15) is 45.4 Å². The number of nitrogens with zero attached hydrogens (tertiary/aromatic N) is 1. The summed E-state index contributed by atoms with van der Waals surface area (Å²) in [5.41, 5.74) is 0.698. The van der Waals surface area contributed by atoms with E-state index in [4.69, 9.17) is 9.47 Å². The second-order valence-corrected chi connectivity index (χ2v) is 6.25. The zero-order chi connectivity index (χ0) is 17.0. The minimum atomic E-state index is -0.407. The number of ether oxygens (including phenoxy) is 2. The maximum absolute atomic E-state index is 11.9. The van der Waals surface area contributed by atoms with E-state index in [2.05, 4.69) is 17.1 Å². The van der Waals surface area contributed by atoms with Crippen molar-refractivity contribution in [3.8, 4) is 5.75 Å². The van der Waals surface area contributed by atoms with Gasteiger partial charge in [0.2, 0.25) is 0 Å². The van der Waals surface area contributed by atoms with Gasteiger partial charge in [-0.15, -0.1) is 12.4 Å². The number of nitrogens with one attached hydrogen (secondary N) is 1. The quantitative estimate of drug-likeness (QED) is 0.673. The summed E-state index contributed by atoms with van der Waals surface area (Å²) in [6.45, 7) is 6.29. The number of anilines is 1. The van der Waals surface area contributed by atoms with Crippen molar-refractivity contribution in [3.05, 3.63) is 24.3 Å². The molecule has 1 heterocycles. The van der Waals surface area contributed by atoms with Gasteiger partial charge in [0.1, 0.15) is 12.4 Å². The molecule has 0 bridgehead atoms. The highest BCUT2D eigenvalue weighted by molar-refractivity contribution is 5.85. The van der Waals surface area contributed by atoms with Gasteiger partial charge >= 0.3 is 6.09 Å². The van der Waals surface area contributed by atoms with Gasteiger partial charge in [0.15, 0.2) is 0 Å². The molecule has 1 N–H and O–H groups in total. The smallest absolute Gasteiger partial charge is 0.411 e. The zero-order valence-electron chi connectivity index (χ0n) is 15.2. The van der Waals surface area contributed by atoms with Gasteiger partial charge in [-0.05, 0) is 44.5 Å². The van der Waals surface area contributed by atoms with Crippen LogP contribution in [0.5, 0.6) is 5.75 Å². The summed E-state index contributed by atoms with van der Waals surface area (Å²) in [5.74, 6) is 0.769. The van der Waals surface area contributed by atoms with Gasteiger partial charge in [-0.2, -0.15) is 0 Å². The second kappa shape index (κ2) is 12.8. The summed E-state index contributed by atoms with van der Waals surface area (Å²) in [5, 5.41) is 2.76. The number of amides is 1. The Balaban J connectivity index is 0.00000312. The Hall–Kier alpha value is -1.46. The maximum Gasteiger partial charge on any atom is 0.411 e. The molecule has 2 rings (SSSR count). The predicted octanol–water partition coefficient (Wildman–Crippen LogP) is 4.71. The third kappa shape index (κ3) is 8.98. The van der Waals surface area contributed by atoms with E-state index >= 15 is 0 Å². The highest BCUT2D eigenvalue weighted by Crippen LogP contribution is 2.18. The molecule has 1 fully saturated rings. The molecule has 0 aliphatic carbocycles. The molecule has 0 unspecified atom stereocenters. The van der Waals surface area contributed by atoms with Gasteiger partial charge in [-0.3, -0.25) is 10.2 Å². The van der Waals surface area contributed by atoms with Gasteiger partial charge in [-0.1, -0.05) is 32.3 Å². The fraction of sp³-hybridized carbons (Fsp3) is 0.632. The largest absolute Gasteiger partial charge is 0.494 e. The molecule has 0 radical (unpaired) electrons. The van der Waals surface area contributed by atoms with Gasteiger partial charge in [0.05, 0.1) is 6.61 Å². The van der Waals surface area contributed by atoms with Crippen LogP contribution in [0.3, 0.4) is 0 Å². The van der Waals surface area contributed by atoms with Crippen molar-refractivity contribution in [1.82, 2.24) is 4.90 Å². The Kier molecular flexibility index (Phi) is 11.1. The number of carbonyl (C=O) groups excluding carboxylic acids is 1. The number of rotatable bonds is 8. The van der Waals surface area contributed by atoms with E-state index in [0.717, 1.165) is 38.2 Å². The summed E-state index contributed by atoms with van der Waals surface area (Å²) in [6.07, 6.45) is 6.84. The molecule has 0 saturated carbocycles. The van der Waals surface area contributed by atoms with Crippen molar-refractivity contribution >= 4 is 24.2 Å². The maximum atomic E-state index is 11.9. The molecule has 1 aliphatic rings. The van der Waals surface area contributed by atoms with E-state index in [0.29, 0.717) is 18.9 Å². The Labute approximate surface area is 157 Å². The zero-order valence-corrected chi connectivity index (χ0v) is 16.0. The van der Waals surface area contributed by atoms with Gasteiger partial charge in [-0.25, -0.2) is 4.79 Å². The van der Waals surface area contributed by atoms with Crippen molar-refractivity contribution in [2.45, 2.75) is 45.4 Å². The minimum Gasteiger partial charge on any atom is -0.494 e. The third-order valence-electron chi connectivity index (χ3n) is 4.19. The number of hydrogen-bond acceptors (Lipinski definition) is 4. The van der Waals surface area contributed by atoms with Crippen LogP contribution in [0.2, 0.25) is 0 Å². The SMILES string of the molecule is CCCCOc1cccc(NC(=O)OCCN2CCCCCC2)c1.Cl. The highest BCUT2D eigenvalue weighted by Gasteiger charge is 2.10. The number of unbranched alkanes of at least 4 members (excludes halogenated alkanes) is 1. The number of hydrogen-bond donors (Lipinski definition) is 1. The molecule has 1 aliphatic heterocycles. The normalized spacial score (nSPS) is 14.9. The lowest BCUT2D eigenvalue weighted by molar-refractivity contribution is 0.140. The third-order valence-corrected chi connectivity index (χ3v) is 4.19. The monoisotopic (exact) mass is 370 g/mol. The number of carbonyl (C=O) groups is 1. The van der Waals surface area contributed by atoms with Crippen molar-refractivity contribution in [2.75, 3.05) is 38.2 Å². The molecule has 1 aromatic rings. The Morgan fingerprint density at radius 3 is 2.64 bits per heavy atom. The predicted molar refractivity (Wildman–Crippen MR) is 104 cm³/mol. The van der Waals surface area contributed by atoms with Crippen LogP contribution in [-0.4, -0.2) is 43.8 Å². The molecule has 142 valence electrons.